The molecule has 0 saturated carbocycles. The fraction of sp³-hybridized carbons (Fsp3) is 0.357. The molecule has 1 aliphatic rings. The maximum Gasteiger partial charge on any atom is 0.253 e. The van der Waals surface area contributed by atoms with Crippen molar-refractivity contribution in [3.8, 4) is 0 Å². The third kappa shape index (κ3) is 2.25. The molecule has 0 aliphatic carbocycles. The number of carbonyl (C=O) groups is 1. The van der Waals surface area contributed by atoms with E-state index in [1.165, 1.54) is 5.75 Å². The molecule has 1 saturated heterocycles. The Hall–Kier alpha value is -1.42. The van der Waals surface area contributed by atoms with Crippen molar-refractivity contribution in [2.45, 2.75) is 6.42 Å². The van der Waals surface area contributed by atoms with Crippen molar-refractivity contribution in [2.24, 2.45) is 0 Å². The molecule has 1 aromatic heterocycles. The predicted octanol–water partition coefficient (Wildman–Crippen LogP) is 2.75. The van der Waals surface area contributed by atoms with Crippen molar-refractivity contribution < 1.29 is 4.79 Å². The van der Waals surface area contributed by atoms with E-state index < -0.39 is 0 Å². The van der Waals surface area contributed by atoms with E-state index in [-0.39, 0.29) is 5.91 Å². The molecule has 1 amide bonds. The van der Waals surface area contributed by atoms with Crippen LogP contribution in [0.4, 0.5) is 0 Å². The van der Waals surface area contributed by atoms with Gasteiger partial charge in [0.2, 0.25) is 0 Å². The number of rotatable bonds is 1. The van der Waals surface area contributed by atoms with Gasteiger partial charge >= 0.3 is 0 Å². The van der Waals surface area contributed by atoms with E-state index in [4.69, 9.17) is 0 Å². The van der Waals surface area contributed by atoms with Gasteiger partial charge in [0.05, 0.1) is 0 Å². The lowest BCUT2D eigenvalue weighted by molar-refractivity contribution is 0.0768. The highest BCUT2D eigenvalue weighted by Crippen LogP contribution is 2.17. The van der Waals surface area contributed by atoms with Crippen LogP contribution >= 0.6 is 11.8 Å². The summed E-state index contributed by atoms with van der Waals surface area (Å²) in [5.74, 6) is 2.39. The Kier molecular flexibility index (Phi) is 3.28. The summed E-state index contributed by atoms with van der Waals surface area (Å²) in [6.45, 7) is 1.76. The van der Waals surface area contributed by atoms with E-state index in [0.717, 1.165) is 41.7 Å². The van der Waals surface area contributed by atoms with Crippen molar-refractivity contribution >= 4 is 28.6 Å². The van der Waals surface area contributed by atoms with E-state index in [9.17, 15) is 4.79 Å². The van der Waals surface area contributed by atoms with Crippen molar-refractivity contribution in [1.29, 1.82) is 0 Å². The molecule has 2 aromatic rings. The molecule has 18 heavy (non-hydrogen) atoms. The standard InChI is InChI=1S/C14H16N2OS/c17-14(16-6-1-8-18-9-7-16)12-2-3-13-11(10-12)4-5-15-13/h2-5,10,15H,1,6-9H2. The van der Waals surface area contributed by atoms with Crippen LogP contribution in [-0.2, 0) is 0 Å². The van der Waals surface area contributed by atoms with Crippen LogP contribution in [-0.4, -0.2) is 40.4 Å². The van der Waals surface area contributed by atoms with E-state index in [2.05, 4.69) is 4.98 Å². The highest BCUT2D eigenvalue weighted by molar-refractivity contribution is 7.99. The summed E-state index contributed by atoms with van der Waals surface area (Å²) in [5.41, 5.74) is 1.88. The molecule has 0 spiro atoms. The van der Waals surface area contributed by atoms with Gasteiger partial charge in [-0.25, -0.2) is 0 Å². The number of benzene rings is 1. The molecular weight excluding hydrogens is 244 g/mol. The van der Waals surface area contributed by atoms with E-state index in [1.54, 1.807) is 0 Å². The largest absolute Gasteiger partial charge is 0.361 e. The lowest BCUT2D eigenvalue weighted by Crippen LogP contribution is -2.32. The van der Waals surface area contributed by atoms with Gasteiger partial charge in [0.15, 0.2) is 0 Å². The number of hydrogen-bond acceptors (Lipinski definition) is 2. The number of nitrogens with one attached hydrogen (secondary N) is 1. The van der Waals surface area contributed by atoms with Gasteiger partial charge in [-0.2, -0.15) is 11.8 Å². The number of H-pyrrole nitrogens is 1. The third-order valence-electron chi connectivity index (χ3n) is 3.31. The summed E-state index contributed by atoms with van der Waals surface area (Å²) < 4.78 is 0. The van der Waals surface area contributed by atoms with E-state index >= 15 is 0 Å². The zero-order valence-electron chi connectivity index (χ0n) is 10.2. The molecule has 0 bridgehead atoms. The zero-order valence-corrected chi connectivity index (χ0v) is 11.0. The number of nitrogens with zero attached hydrogens (tertiary/aromatic N) is 1. The van der Waals surface area contributed by atoms with Gasteiger partial charge in [-0.05, 0) is 36.4 Å². The topological polar surface area (TPSA) is 36.1 Å². The number of thioether (sulfide) groups is 1. The van der Waals surface area contributed by atoms with Gasteiger partial charge in [-0.3, -0.25) is 4.79 Å². The molecule has 0 radical (unpaired) electrons. The Bertz CT molecular complexity index is 556. The number of aromatic amines is 1. The zero-order chi connectivity index (χ0) is 12.4. The Morgan fingerprint density at radius 1 is 1.22 bits per heavy atom. The van der Waals surface area contributed by atoms with Crippen LogP contribution in [0.25, 0.3) is 10.9 Å². The summed E-state index contributed by atoms with van der Waals surface area (Å²) in [6, 6.07) is 7.88. The first-order valence-corrected chi connectivity index (χ1v) is 7.44. The molecular formula is C14H16N2OS. The summed E-state index contributed by atoms with van der Waals surface area (Å²) in [6.07, 6.45) is 3.00. The second kappa shape index (κ2) is 5.06. The molecule has 0 atom stereocenters. The van der Waals surface area contributed by atoms with E-state index in [0.29, 0.717) is 0 Å². The number of hydrogen-bond donors (Lipinski definition) is 1. The fourth-order valence-corrected chi connectivity index (χ4v) is 3.20. The molecule has 4 heteroatoms. The Labute approximate surface area is 111 Å². The van der Waals surface area contributed by atoms with Crippen molar-refractivity contribution in [1.82, 2.24) is 9.88 Å². The number of aromatic nitrogens is 1. The first-order valence-electron chi connectivity index (χ1n) is 6.29. The van der Waals surface area contributed by atoms with Crippen LogP contribution in [0.1, 0.15) is 16.8 Å². The molecule has 2 heterocycles. The Balaban J connectivity index is 1.85. The first-order chi connectivity index (χ1) is 8.84. The molecule has 3 rings (SSSR count). The molecule has 94 valence electrons. The third-order valence-corrected chi connectivity index (χ3v) is 4.36. The van der Waals surface area contributed by atoms with Gasteiger partial charge in [0.25, 0.3) is 5.91 Å². The molecule has 1 fully saturated rings. The minimum atomic E-state index is 0.167. The highest BCUT2D eigenvalue weighted by Gasteiger charge is 2.17. The number of amides is 1. The van der Waals surface area contributed by atoms with Crippen LogP contribution in [0.3, 0.4) is 0 Å². The number of carbonyl (C=O) groups excluding carboxylic acids is 1. The second-order valence-electron chi connectivity index (χ2n) is 4.54. The normalized spacial score (nSPS) is 16.8. The summed E-state index contributed by atoms with van der Waals surface area (Å²) in [7, 11) is 0. The van der Waals surface area contributed by atoms with Gasteiger partial charge in [-0.1, -0.05) is 0 Å². The average Bonchev–Trinajstić information content (AvgIpc) is 2.69. The molecule has 1 N–H and O–H groups in total. The van der Waals surface area contributed by atoms with Gasteiger partial charge in [0, 0.05) is 41.5 Å². The number of fused-ring (bicyclic) bond motifs is 1. The maximum atomic E-state index is 12.4. The van der Waals surface area contributed by atoms with Gasteiger partial charge < -0.3 is 9.88 Å². The van der Waals surface area contributed by atoms with E-state index in [1.807, 2.05) is 47.1 Å². The molecule has 1 aromatic carbocycles. The minimum Gasteiger partial charge on any atom is -0.361 e. The Morgan fingerprint density at radius 3 is 3.11 bits per heavy atom. The lowest BCUT2D eigenvalue weighted by Gasteiger charge is -2.19. The molecule has 1 aliphatic heterocycles. The van der Waals surface area contributed by atoms with Crippen LogP contribution < -0.4 is 0 Å². The van der Waals surface area contributed by atoms with Crippen LogP contribution in [0.15, 0.2) is 30.5 Å². The highest BCUT2D eigenvalue weighted by atomic mass is 32.2. The predicted molar refractivity (Wildman–Crippen MR) is 76.1 cm³/mol. The summed E-state index contributed by atoms with van der Waals surface area (Å²) in [5, 5.41) is 1.10. The van der Waals surface area contributed by atoms with Crippen LogP contribution in [0, 0.1) is 0 Å². The first kappa shape index (κ1) is 11.7. The minimum absolute atomic E-state index is 0.167. The summed E-state index contributed by atoms with van der Waals surface area (Å²) in [4.78, 5) is 17.6. The average molecular weight is 260 g/mol. The van der Waals surface area contributed by atoms with Gasteiger partial charge in [-0.15, -0.1) is 0 Å². The maximum absolute atomic E-state index is 12.4. The van der Waals surface area contributed by atoms with Gasteiger partial charge in [0.1, 0.15) is 0 Å². The molecule has 0 unspecified atom stereocenters. The quantitative estimate of drug-likeness (QED) is 0.856. The SMILES string of the molecule is O=C(c1ccc2[nH]ccc2c1)N1CCCSCC1. The Morgan fingerprint density at radius 2 is 2.17 bits per heavy atom. The second-order valence-corrected chi connectivity index (χ2v) is 5.76. The fourth-order valence-electron chi connectivity index (χ4n) is 2.32. The lowest BCUT2D eigenvalue weighted by atomic mass is 10.1. The monoisotopic (exact) mass is 260 g/mol. The summed E-state index contributed by atoms with van der Waals surface area (Å²) >= 11 is 1.94. The van der Waals surface area contributed by atoms with Crippen LogP contribution in [0.5, 0.6) is 0 Å². The smallest absolute Gasteiger partial charge is 0.253 e. The van der Waals surface area contributed by atoms with Crippen molar-refractivity contribution in [3.05, 3.63) is 36.0 Å². The van der Waals surface area contributed by atoms with Crippen molar-refractivity contribution in [2.75, 3.05) is 24.6 Å². The van der Waals surface area contributed by atoms with Crippen LogP contribution in [0.2, 0.25) is 0 Å². The van der Waals surface area contributed by atoms with Crippen molar-refractivity contribution in [3.63, 3.8) is 0 Å². The molecule has 3 nitrogen and oxygen atoms in total.